The molecule has 0 aliphatic carbocycles. The third-order valence-corrected chi connectivity index (χ3v) is 5.74. The molecule has 0 bridgehead atoms. The van der Waals surface area contributed by atoms with Crippen molar-refractivity contribution in [3.05, 3.63) is 59.8 Å². The lowest BCUT2D eigenvalue weighted by molar-refractivity contribution is 0.0912. The molecular formula is C24H26FN7O3. The maximum absolute atomic E-state index is 15.1. The Hall–Kier alpha value is -3.86. The van der Waals surface area contributed by atoms with Gasteiger partial charge in [0.1, 0.15) is 11.6 Å². The molecule has 1 aromatic carbocycles. The molecule has 1 aliphatic rings. The summed E-state index contributed by atoms with van der Waals surface area (Å²) in [5.74, 6) is -0.0573. The van der Waals surface area contributed by atoms with Gasteiger partial charge in [-0.2, -0.15) is 5.10 Å². The minimum absolute atomic E-state index is 0.0263. The second kappa shape index (κ2) is 9.06. The van der Waals surface area contributed by atoms with Crippen LogP contribution < -0.4 is 10.2 Å². The lowest BCUT2D eigenvalue weighted by Crippen LogP contribution is -2.37. The van der Waals surface area contributed by atoms with Crippen LogP contribution in [0, 0.1) is 5.82 Å². The van der Waals surface area contributed by atoms with E-state index in [1.807, 2.05) is 33.0 Å². The average molecular weight is 480 g/mol. The monoisotopic (exact) mass is 479 g/mol. The van der Waals surface area contributed by atoms with E-state index in [1.54, 1.807) is 22.8 Å². The molecule has 1 saturated heterocycles. The predicted octanol–water partition coefficient (Wildman–Crippen LogP) is 2.98. The Morgan fingerprint density at radius 1 is 1.17 bits per heavy atom. The summed E-state index contributed by atoms with van der Waals surface area (Å²) in [7, 11) is 0. The number of fused-ring (bicyclic) bond motifs is 1. The Morgan fingerprint density at radius 2 is 1.97 bits per heavy atom. The molecule has 35 heavy (non-hydrogen) atoms. The van der Waals surface area contributed by atoms with Crippen molar-refractivity contribution in [2.45, 2.75) is 32.7 Å². The lowest BCUT2D eigenvalue weighted by Gasteiger charge is -2.28. The van der Waals surface area contributed by atoms with E-state index in [4.69, 9.17) is 14.1 Å². The van der Waals surface area contributed by atoms with Crippen molar-refractivity contribution in [2.24, 2.45) is 0 Å². The fourth-order valence-corrected chi connectivity index (χ4v) is 3.78. The van der Waals surface area contributed by atoms with Crippen molar-refractivity contribution < 1.29 is 18.3 Å². The number of halogens is 1. The quantitative estimate of drug-likeness (QED) is 0.465. The summed E-state index contributed by atoms with van der Waals surface area (Å²) in [6.45, 7) is 8.40. The summed E-state index contributed by atoms with van der Waals surface area (Å²) in [6.07, 6.45) is 3.56. The first-order chi connectivity index (χ1) is 16.8. The van der Waals surface area contributed by atoms with Crippen LogP contribution in [0.4, 0.5) is 10.2 Å². The molecule has 5 rings (SSSR count). The smallest absolute Gasteiger partial charge is 0.309 e. The molecule has 182 valence electrons. The Kier molecular flexibility index (Phi) is 5.93. The molecular weight excluding hydrogens is 453 g/mol. The highest BCUT2D eigenvalue weighted by atomic mass is 19.1. The summed E-state index contributed by atoms with van der Waals surface area (Å²) in [4.78, 5) is 19.3. The van der Waals surface area contributed by atoms with Crippen LogP contribution in [-0.4, -0.2) is 57.0 Å². The molecule has 0 radical (unpaired) electrons. The second-order valence-corrected chi connectivity index (χ2v) is 9.36. The predicted molar refractivity (Wildman–Crippen MR) is 126 cm³/mol. The number of anilines is 1. The number of benzene rings is 1. The first-order valence-corrected chi connectivity index (χ1v) is 11.4. The molecule has 4 heterocycles. The molecule has 0 spiro atoms. The highest BCUT2D eigenvalue weighted by Crippen LogP contribution is 2.28. The number of aromatic nitrogens is 5. The van der Waals surface area contributed by atoms with Gasteiger partial charge in [0, 0.05) is 36.2 Å². The van der Waals surface area contributed by atoms with Gasteiger partial charge in [-0.15, -0.1) is 10.2 Å². The third-order valence-electron chi connectivity index (χ3n) is 5.74. The van der Waals surface area contributed by atoms with Gasteiger partial charge >= 0.3 is 11.8 Å². The zero-order valence-electron chi connectivity index (χ0n) is 19.8. The average Bonchev–Trinajstić information content (AvgIpc) is 3.53. The molecule has 0 unspecified atom stereocenters. The van der Waals surface area contributed by atoms with Gasteiger partial charge in [0.05, 0.1) is 36.8 Å². The summed E-state index contributed by atoms with van der Waals surface area (Å²) < 4.78 is 27.7. The topological polar surface area (TPSA) is 111 Å². The van der Waals surface area contributed by atoms with E-state index in [9.17, 15) is 4.79 Å². The number of morpholine rings is 1. The molecule has 1 fully saturated rings. The number of carbonyl (C=O) groups is 1. The van der Waals surface area contributed by atoms with Crippen LogP contribution in [0.25, 0.3) is 16.8 Å². The van der Waals surface area contributed by atoms with E-state index in [1.165, 1.54) is 6.07 Å². The van der Waals surface area contributed by atoms with Gasteiger partial charge in [0.25, 0.3) is 0 Å². The van der Waals surface area contributed by atoms with Crippen molar-refractivity contribution in [1.29, 1.82) is 0 Å². The standard InChI is InChI=1S/C24H26FN7O3/c1-24(2,3)23-30-29-22(35-23)21(33)26-13-16-5-4-15(12-17(16)25)20-18-6-7-27-32(18)14-19(28-20)31-8-10-34-11-9-31/h4-7,12,14H,8-11,13H2,1-3H3,(H,26,33). The first kappa shape index (κ1) is 22.9. The van der Waals surface area contributed by atoms with Crippen LogP contribution in [0.5, 0.6) is 0 Å². The maximum atomic E-state index is 15.1. The van der Waals surface area contributed by atoms with Gasteiger partial charge in [-0.05, 0) is 12.1 Å². The second-order valence-electron chi connectivity index (χ2n) is 9.36. The van der Waals surface area contributed by atoms with Crippen LogP contribution >= 0.6 is 0 Å². The molecule has 4 aromatic rings. The van der Waals surface area contributed by atoms with Gasteiger partial charge in [0.2, 0.25) is 5.89 Å². The number of nitrogens with zero attached hydrogens (tertiary/aromatic N) is 6. The minimum atomic E-state index is -0.558. The van der Waals surface area contributed by atoms with Gasteiger partial charge in [-0.3, -0.25) is 4.79 Å². The summed E-state index contributed by atoms with van der Waals surface area (Å²) in [5, 5.41) is 14.7. The van der Waals surface area contributed by atoms with Crippen molar-refractivity contribution in [3.63, 3.8) is 0 Å². The normalized spacial score (nSPS) is 14.5. The number of rotatable bonds is 5. The molecule has 11 heteroatoms. The fraction of sp³-hybridized carbons (Fsp3) is 0.375. The summed E-state index contributed by atoms with van der Waals surface area (Å²) in [5.41, 5.74) is 1.97. The Bertz CT molecular complexity index is 1370. The van der Waals surface area contributed by atoms with Crippen LogP contribution in [0.2, 0.25) is 0 Å². The molecule has 1 aliphatic heterocycles. The van der Waals surface area contributed by atoms with E-state index >= 15 is 4.39 Å². The molecule has 10 nitrogen and oxygen atoms in total. The van der Waals surface area contributed by atoms with Crippen LogP contribution in [-0.2, 0) is 16.7 Å². The minimum Gasteiger partial charge on any atom is -0.416 e. The Labute approximate surface area is 201 Å². The molecule has 3 aromatic heterocycles. The van der Waals surface area contributed by atoms with Crippen LogP contribution in [0.15, 0.2) is 41.1 Å². The number of hydrogen-bond acceptors (Lipinski definition) is 8. The lowest BCUT2D eigenvalue weighted by atomic mass is 9.97. The van der Waals surface area contributed by atoms with E-state index in [2.05, 4.69) is 25.5 Å². The van der Waals surface area contributed by atoms with E-state index in [0.29, 0.717) is 35.9 Å². The van der Waals surface area contributed by atoms with Crippen LogP contribution in [0.1, 0.15) is 42.9 Å². The van der Waals surface area contributed by atoms with E-state index < -0.39 is 11.7 Å². The zero-order chi connectivity index (χ0) is 24.6. The van der Waals surface area contributed by atoms with Gasteiger partial charge in [0.15, 0.2) is 0 Å². The SMILES string of the molecule is CC(C)(C)c1nnc(C(=O)NCc2ccc(-c3nc(N4CCOCC4)cn4nccc34)cc2F)o1. The van der Waals surface area contributed by atoms with Gasteiger partial charge in [-0.25, -0.2) is 13.9 Å². The Morgan fingerprint density at radius 3 is 2.69 bits per heavy atom. The fourth-order valence-electron chi connectivity index (χ4n) is 3.78. The number of ether oxygens (including phenoxy) is 1. The van der Waals surface area contributed by atoms with Gasteiger partial charge < -0.3 is 19.4 Å². The Balaban J connectivity index is 1.36. The largest absolute Gasteiger partial charge is 0.416 e. The molecule has 1 N–H and O–H groups in total. The van der Waals surface area contributed by atoms with Crippen molar-refractivity contribution in [3.8, 4) is 11.3 Å². The first-order valence-electron chi connectivity index (χ1n) is 11.4. The highest BCUT2D eigenvalue weighted by Gasteiger charge is 2.24. The number of amides is 1. The highest BCUT2D eigenvalue weighted by molar-refractivity contribution is 5.89. The van der Waals surface area contributed by atoms with Crippen LogP contribution in [0.3, 0.4) is 0 Å². The summed E-state index contributed by atoms with van der Waals surface area (Å²) in [6, 6.07) is 6.68. The third kappa shape index (κ3) is 4.72. The zero-order valence-corrected chi connectivity index (χ0v) is 19.8. The van der Waals surface area contributed by atoms with Crippen molar-refractivity contribution in [2.75, 3.05) is 31.2 Å². The summed E-state index contributed by atoms with van der Waals surface area (Å²) >= 11 is 0. The number of hydrogen-bond donors (Lipinski definition) is 1. The van der Waals surface area contributed by atoms with Crippen molar-refractivity contribution >= 4 is 17.2 Å². The maximum Gasteiger partial charge on any atom is 0.309 e. The molecule has 0 saturated carbocycles. The molecule has 1 amide bonds. The number of nitrogens with one attached hydrogen (secondary N) is 1. The van der Waals surface area contributed by atoms with E-state index in [-0.39, 0.29) is 17.9 Å². The number of carbonyl (C=O) groups excluding carboxylic acids is 1. The van der Waals surface area contributed by atoms with Crippen molar-refractivity contribution in [1.82, 2.24) is 30.1 Å². The molecule has 0 atom stereocenters. The van der Waals surface area contributed by atoms with E-state index in [0.717, 1.165) is 24.4 Å². The van der Waals surface area contributed by atoms with Gasteiger partial charge in [-0.1, -0.05) is 32.9 Å².